The number of aryl methyl sites for hydroxylation is 1. The third-order valence-electron chi connectivity index (χ3n) is 2.97. The molecule has 0 fully saturated rings. The maximum Gasteiger partial charge on any atom is 0.262 e. The van der Waals surface area contributed by atoms with Gasteiger partial charge in [0.15, 0.2) is 18.1 Å². The van der Waals surface area contributed by atoms with Crippen LogP contribution in [-0.2, 0) is 4.79 Å². The van der Waals surface area contributed by atoms with Gasteiger partial charge in [0.25, 0.3) is 5.91 Å². The lowest BCUT2D eigenvalue weighted by Crippen LogP contribution is -2.20. The average Bonchev–Trinajstić information content (AvgIpc) is 2.49. The minimum absolute atomic E-state index is 0.152. The Balaban J connectivity index is 1.95. The van der Waals surface area contributed by atoms with Gasteiger partial charge < -0.3 is 14.8 Å². The normalized spacial score (nSPS) is 10.1. The molecule has 0 saturated carbocycles. The Morgan fingerprint density at radius 3 is 2.45 bits per heavy atom. The molecule has 0 unspecified atom stereocenters. The predicted molar refractivity (Wildman–Crippen MR) is 82.9 cm³/mol. The second kappa shape index (κ2) is 7.45. The van der Waals surface area contributed by atoms with Gasteiger partial charge in [-0.1, -0.05) is 12.1 Å². The summed E-state index contributed by atoms with van der Waals surface area (Å²) in [6.07, 6.45) is 0. The molecule has 116 valence electrons. The second-order valence-corrected chi connectivity index (χ2v) is 4.68. The Labute approximate surface area is 128 Å². The smallest absolute Gasteiger partial charge is 0.262 e. The van der Waals surface area contributed by atoms with Gasteiger partial charge in [0.2, 0.25) is 0 Å². The molecule has 22 heavy (non-hydrogen) atoms. The number of rotatable bonds is 6. The van der Waals surface area contributed by atoms with E-state index in [0.717, 1.165) is 0 Å². The predicted octanol–water partition coefficient (Wildman–Crippen LogP) is 3.55. The summed E-state index contributed by atoms with van der Waals surface area (Å²) in [6, 6.07) is 11.3. The molecule has 0 aliphatic rings. The van der Waals surface area contributed by atoms with Crippen LogP contribution < -0.4 is 14.8 Å². The van der Waals surface area contributed by atoms with E-state index in [1.165, 1.54) is 18.2 Å². The molecule has 1 N–H and O–H groups in total. The molecule has 5 heteroatoms. The van der Waals surface area contributed by atoms with Gasteiger partial charge in [0, 0.05) is 5.69 Å². The summed E-state index contributed by atoms with van der Waals surface area (Å²) in [6.45, 7) is 3.97. The molecular weight excluding hydrogens is 285 g/mol. The van der Waals surface area contributed by atoms with E-state index in [9.17, 15) is 9.18 Å². The number of benzene rings is 2. The van der Waals surface area contributed by atoms with Crippen LogP contribution in [0, 0.1) is 12.7 Å². The van der Waals surface area contributed by atoms with Gasteiger partial charge in [0.1, 0.15) is 5.82 Å². The molecule has 0 heterocycles. The number of hydrogen-bond acceptors (Lipinski definition) is 3. The quantitative estimate of drug-likeness (QED) is 0.887. The molecule has 4 nitrogen and oxygen atoms in total. The Morgan fingerprint density at radius 2 is 1.82 bits per heavy atom. The lowest BCUT2D eigenvalue weighted by molar-refractivity contribution is -0.118. The van der Waals surface area contributed by atoms with E-state index in [1.54, 1.807) is 25.1 Å². The number of amides is 1. The van der Waals surface area contributed by atoms with Crippen molar-refractivity contribution in [3.8, 4) is 11.5 Å². The molecule has 0 saturated heterocycles. The highest BCUT2D eigenvalue weighted by Crippen LogP contribution is 2.26. The van der Waals surface area contributed by atoms with Crippen LogP contribution in [0.15, 0.2) is 42.5 Å². The van der Waals surface area contributed by atoms with E-state index in [2.05, 4.69) is 5.32 Å². The molecule has 2 aromatic carbocycles. The van der Waals surface area contributed by atoms with Gasteiger partial charge in [-0.2, -0.15) is 0 Å². The van der Waals surface area contributed by atoms with Crippen LogP contribution in [0.4, 0.5) is 10.1 Å². The minimum atomic E-state index is -0.336. The molecule has 1 amide bonds. The number of carbonyl (C=O) groups is 1. The molecule has 0 spiro atoms. The fraction of sp³-hybridized carbons (Fsp3) is 0.235. The zero-order valence-electron chi connectivity index (χ0n) is 12.6. The molecule has 2 rings (SSSR count). The number of anilines is 1. The number of hydrogen-bond donors (Lipinski definition) is 1. The van der Waals surface area contributed by atoms with Crippen LogP contribution in [-0.4, -0.2) is 19.1 Å². The van der Waals surface area contributed by atoms with Crippen molar-refractivity contribution in [3.63, 3.8) is 0 Å². The fourth-order valence-corrected chi connectivity index (χ4v) is 1.94. The summed E-state index contributed by atoms with van der Waals surface area (Å²) in [7, 11) is 0. The molecule has 0 aliphatic carbocycles. The van der Waals surface area contributed by atoms with Crippen molar-refractivity contribution in [1.29, 1.82) is 0 Å². The van der Waals surface area contributed by atoms with Crippen molar-refractivity contribution in [1.82, 2.24) is 0 Å². The summed E-state index contributed by atoms with van der Waals surface area (Å²) < 4.78 is 23.9. The minimum Gasteiger partial charge on any atom is -0.490 e. The first-order valence-corrected chi connectivity index (χ1v) is 7.00. The lowest BCUT2D eigenvalue weighted by Gasteiger charge is -2.12. The highest BCUT2D eigenvalue weighted by atomic mass is 19.1. The van der Waals surface area contributed by atoms with Crippen molar-refractivity contribution in [3.05, 3.63) is 53.8 Å². The van der Waals surface area contributed by atoms with Crippen molar-refractivity contribution >= 4 is 11.6 Å². The summed E-state index contributed by atoms with van der Waals surface area (Å²) in [5.41, 5.74) is 1.22. The second-order valence-electron chi connectivity index (χ2n) is 4.68. The number of carbonyl (C=O) groups excluding carboxylic acids is 1. The first kappa shape index (κ1) is 15.8. The highest BCUT2D eigenvalue weighted by molar-refractivity contribution is 5.92. The van der Waals surface area contributed by atoms with Crippen LogP contribution in [0.1, 0.15) is 12.5 Å². The van der Waals surface area contributed by atoms with Crippen LogP contribution in [0.2, 0.25) is 0 Å². The van der Waals surface area contributed by atoms with E-state index >= 15 is 0 Å². The Bertz CT molecular complexity index is 658. The Kier molecular flexibility index (Phi) is 5.36. The standard InChI is InChI=1S/C17H18FNO3/c1-3-21-15-6-4-5-7-16(15)22-11-17(20)19-14-9-8-13(18)10-12(14)2/h4-10H,3,11H2,1-2H3,(H,19,20). The topological polar surface area (TPSA) is 47.6 Å². The van der Waals surface area contributed by atoms with Gasteiger partial charge in [-0.05, 0) is 49.7 Å². The average molecular weight is 303 g/mol. The van der Waals surface area contributed by atoms with E-state index in [-0.39, 0.29) is 18.3 Å². The maximum absolute atomic E-state index is 13.0. The van der Waals surface area contributed by atoms with E-state index in [0.29, 0.717) is 29.4 Å². The van der Waals surface area contributed by atoms with Crippen LogP contribution in [0.5, 0.6) is 11.5 Å². The molecule has 0 atom stereocenters. The van der Waals surface area contributed by atoms with Crippen molar-refractivity contribution < 1.29 is 18.7 Å². The number of para-hydroxylation sites is 2. The van der Waals surface area contributed by atoms with Gasteiger partial charge in [0.05, 0.1) is 6.61 Å². The first-order valence-electron chi connectivity index (χ1n) is 7.00. The number of halogens is 1. The molecule has 0 bridgehead atoms. The summed E-state index contributed by atoms with van der Waals surface area (Å²) in [5, 5.41) is 2.69. The van der Waals surface area contributed by atoms with Gasteiger partial charge in [-0.25, -0.2) is 4.39 Å². The summed E-state index contributed by atoms with van der Waals surface area (Å²) in [4.78, 5) is 11.9. The Hall–Kier alpha value is -2.56. The van der Waals surface area contributed by atoms with Gasteiger partial charge >= 0.3 is 0 Å². The van der Waals surface area contributed by atoms with Gasteiger partial charge in [-0.15, -0.1) is 0 Å². The fourth-order valence-electron chi connectivity index (χ4n) is 1.94. The monoisotopic (exact) mass is 303 g/mol. The SMILES string of the molecule is CCOc1ccccc1OCC(=O)Nc1ccc(F)cc1C. The zero-order chi connectivity index (χ0) is 15.9. The largest absolute Gasteiger partial charge is 0.490 e. The third kappa shape index (κ3) is 4.22. The molecule has 0 radical (unpaired) electrons. The van der Waals surface area contributed by atoms with Crippen LogP contribution in [0.3, 0.4) is 0 Å². The zero-order valence-corrected chi connectivity index (χ0v) is 12.6. The molecular formula is C17H18FNO3. The van der Waals surface area contributed by atoms with E-state index < -0.39 is 0 Å². The third-order valence-corrected chi connectivity index (χ3v) is 2.97. The number of ether oxygens (including phenoxy) is 2. The summed E-state index contributed by atoms with van der Waals surface area (Å²) >= 11 is 0. The van der Waals surface area contributed by atoms with Crippen LogP contribution >= 0.6 is 0 Å². The first-order chi connectivity index (χ1) is 10.6. The summed E-state index contributed by atoms with van der Waals surface area (Å²) in [5.74, 6) is 0.449. The molecule has 0 aromatic heterocycles. The van der Waals surface area contributed by atoms with Crippen LogP contribution in [0.25, 0.3) is 0 Å². The van der Waals surface area contributed by atoms with Crippen molar-refractivity contribution in [2.24, 2.45) is 0 Å². The molecule has 0 aliphatic heterocycles. The molecule has 2 aromatic rings. The van der Waals surface area contributed by atoms with E-state index in [4.69, 9.17) is 9.47 Å². The maximum atomic E-state index is 13.0. The number of nitrogens with one attached hydrogen (secondary N) is 1. The van der Waals surface area contributed by atoms with Gasteiger partial charge in [-0.3, -0.25) is 4.79 Å². The Morgan fingerprint density at radius 1 is 1.14 bits per heavy atom. The lowest BCUT2D eigenvalue weighted by atomic mass is 10.2. The highest BCUT2D eigenvalue weighted by Gasteiger charge is 2.09. The van der Waals surface area contributed by atoms with Crippen molar-refractivity contribution in [2.75, 3.05) is 18.5 Å². The van der Waals surface area contributed by atoms with Crippen molar-refractivity contribution in [2.45, 2.75) is 13.8 Å². The van der Waals surface area contributed by atoms with E-state index in [1.807, 2.05) is 13.0 Å².